The van der Waals surface area contributed by atoms with Crippen molar-refractivity contribution < 1.29 is 23.0 Å². The number of nitrogens with one attached hydrogen (secondary N) is 1. The number of anilines is 1. The van der Waals surface area contributed by atoms with Crippen LogP contribution in [0.3, 0.4) is 0 Å². The SMILES string of the molecule is O=S(=O)(Nc1cc2scnc2c(F)c1Cc1ccc(Br)cc1Cl)C1(CC(O)CO)CC1. The van der Waals surface area contributed by atoms with Crippen LogP contribution >= 0.6 is 38.9 Å². The number of aliphatic hydroxyl groups excluding tert-OH is 2. The van der Waals surface area contributed by atoms with E-state index < -0.39 is 33.3 Å². The molecule has 1 atom stereocenters. The van der Waals surface area contributed by atoms with Crippen molar-refractivity contribution >= 4 is 64.8 Å². The Bertz CT molecular complexity index is 1250. The predicted octanol–water partition coefficient (Wildman–Crippen LogP) is 4.46. The molecule has 0 aliphatic heterocycles. The molecule has 0 amide bonds. The number of aromatic nitrogens is 1. The standard InChI is InChI=1S/C20H19BrClFN2O4S2/c21-12-2-1-11(15(22)6-12)5-14-16(7-17-19(18(14)23)24-10-30-17)25-31(28,29)20(3-4-20)8-13(27)9-26/h1-2,6-7,10,13,25-27H,3-5,8-9H2. The molecule has 0 spiro atoms. The van der Waals surface area contributed by atoms with E-state index in [0.717, 1.165) is 4.47 Å². The Morgan fingerprint density at radius 2 is 2.10 bits per heavy atom. The quantitative estimate of drug-likeness (QED) is 0.385. The van der Waals surface area contributed by atoms with Gasteiger partial charge in [0.25, 0.3) is 0 Å². The largest absolute Gasteiger partial charge is 0.394 e. The van der Waals surface area contributed by atoms with Crippen LogP contribution in [0.5, 0.6) is 0 Å². The van der Waals surface area contributed by atoms with E-state index in [1.807, 2.05) is 0 Å². The number of thiazole rings is 1. The third kappa shape index (κ3) is 4.46. The fourth-order valence-electron chi connectivity index (χ4n) is 3.59. The molecule has 0 saturated heterocycles. The fourth-order valence-corrected chi connectivity index (χ4v) is 6.78. The van der Waals surface area contributed by atoms with E-state index in [0.29, 0.717) is 28.1 Å². The number of benzene rings is 2. The molecule has 1 fully saturated rings. The van der Waals surface area contributed by atoms with Crippen LogP contribution in [0.25, 0.3) is 10.2 Å². The third-order valence-corrected chi connectivity index (χ3v) is 9.32. The lowest BCUT2D eigenvalue weighted by atomic mass is 10.0. The van der Waals surface area contributed by atoms with Gasteiger partial charge in [0.2, 0.25) is 10.0 Å². The van der Waals surface area contributed by atoms with Gasteiger partial charge in [0.15, 0.2) is 5.82 Å². The van der Waals surface area contributed by atoms with E-state index in [4.69, 9.17) is 16.7 Å². The third-order valence-electron chi connectivity index (χ3n) is 5.49. The van der Waals surface area contributed by atoms with Crippen LogP contribution in [0.4, 0.5) is 10.1 Å². The molecule has 1 aliphatic carbocycles. The summed E-state index contributed by atoms with van der Waals surface area (Å²) in [6.45, 7) is -0.522. The highest BCUT2D eigenvalue weighted by atomic mass is 79.9. The van der Waals surface area contributed by atoms with Gasteiger partial charge in [-0.2, -0.15) is 0 Å². The summed E-state index contributed by atoms with van der Waals surface area (Å²) in [6, 6.07) is 6.79. The second kappa shape index (κ2) is 8.57. The minimum Gasteiger partial charge on any atom is -0.394 e. The Morgan fingerprint density at radius 3 is 2.74 bits per heavy atom. The number of hydrogen-bond acceptors (Lipinski definition) is 6. The van der Waals surface area contributed by atoms with E-state index >= 15 is 4.39 Å². The van der Waals surface area contributed by atoms with Gasteiger partial charge in [0, 0.05) is 21.5 Å². The van der Waals surface area contributed by atoms with Crippen molar-refractivity contribution in [2.24, 2.45) is 0 Å². The molecular weight excluding hydrogens is 531 g/mol. The Kier molecular flexibility index (Phi) is 6.32. The Hall–Kier alpha value is -1.30. The van der Waals surface area contributed by atoms with Crippen LogP contribution in [-0.2, 0) is 16.4 Å². The number of halogens is 3. The average Bonchev–Trinajstić information content (AvgIpc) is 3.35. The van der Waals surface area contributed by atoms with Gasteiger partial charge in [-0.25, -0.2) is 17.8 Å². The lowest BCUT2D eigenvalue weighted by molar-refractivity contribution is 0.0858. The molecule has 6 nitrogen and oxygen atoms in total. The van der Waals surface area contributed by atoms with E-state index in [2.05, 4.69) is 25.6 Å². The minimum absolute atomic E-state index is 0.0650. The molecule has 4 rings (SSSR count). The van der Waals surface area contributed by atoms with Crippen LogP contribution in [0.15, 0.2) is 34.2 Å². The molecule has 166 valence electrons. The molecule has 1 unspecified atom stereocenters. The van der Waals surface area contributed by atoms with Gasteiger partial charge < -0.3 is 10.2 Å². The molecule has 3 N–H and O–H groups in total. The van der Waals surface area contributed by atoms with E-state index in [-0.39, 0.29) is 29.6 Å². The highest BCUT2D eigenvalue weighted by Gasteiger charge is 2.55. The second-order valence-corrected chi connectivity index (χ2v) is 11.9. The molecule has 1 aromatic heterocycles. The van der Waals surface area contributed by atoms with Crippen LogP contribution in [0.1, 0.15) is 30.4 Å². The maximum atomic E-state index is 15.4. The van der Waals surface area contributed by atoms with Gasteiger partial charge in [-0.1, -0.05) is 33.6 Å². The molecule has 2 aromatic carbocycles. The minimum atomic E-state index is -3.95. The summed E-state index contributed by atoms with van der Waals surface area (Å²) in [5.41, 5.74) is 2.58. The first-order valence-electron chi connectivity index (χ1n) is 9.45. The maximum absolute atomic E-state index is 15.4. The van der Waals surface area contributed by atoms with Crippen molar-refractivity contribution in [1.82, 2.24) is 4.98 Å². The first-order chi connectivity index (χ1) is 14.7. The predicted molar refractivity (Wildman–Crippen MR) is 124 cm³/mol. The van der Waals surface area contributed by atoms with Crippen LogP contribution in [0, 0.1) is 5.82 Å². The smallest absolute Gasteiger partial charge is 0.238 e. The van der Waals surface area contributed by atoms with Crippen molar-refractivity contribution in [3.8, 4) is 0 Å². The van der Waals surface area contributed by atoms with Crippen molar-refractivity contribution in [3.05, 3.63) is 56.2 Å². The highest BCUT2D eigenvalue weighted by Crippen LogP contribution is 2.48. The Morgan fingerprint density at radius 1 is 1.35 bits per heavy atom. The summed E-state index contributed by atoms with van der Waals surface area (Å²) in [5, 5.41) is 19.3. The number of rotatable bonds is 8. The highest BCUT2D eigenvalue weighted by molar-refractivity contribution is 9.10. The van der Waals surface area contributed by atoms with Crippen molar-refractivity contribution in [1.29, 1.82) is 0 Å². The number of fused-ring (bicyclic) bond motifs is 1. The van der Waals surface area contributed by atoms with Crippen LogP contribution in [-0.4, -0.2) is 41.1 Å². The van der Waals surface area contributed by atoms with Crippen molar-refractivity contribution in [2.45, 2.75) is 36.5 Å². The number of sulfonamides is 1. The van der Waals surface area contributed by atoms with Gasteiger partial charge in [-0.3, -0.25) is 4.72 Å². The number of nitrogens with zero attached hydrogens (tertiary/aromatic N) is 1. The molecular formula is C20H19BrClFN2O4S2. The zero-order valence-electron chi connectivity index (χ0n) is 16.1. The molecule has 31 heavy (non-hydrogen) atoms. The molecule has 1 saturated carbocycles. The average molecular weight is 550 g/mol. The van der Waals surface area contributed by atoms with Crippen molar-refractivity contribution in [3.63, 3.8) is 0 Å². The summed E-state index contributed by atoms with van der Waals surface area (Å²) in [4.78, 5) is 4.07. The monoisotopic (exact) mass is 548 g/mol. The summed E-state index contributed by atoms with van der Waals surface area (Å²) < 4.78 is 44.4. The van der Waals surface area contributed by atoms with E-state index in [1.54, 1.807) is 24.3 Å². The number of hydrogen-bond donors (Lipinski definition) is 3. The number of aliphatic hydroxyl groups is 2. The molecule has 0 radical (unpaired) electrons. The summed E-state index contributed by atoms with van der Waals surface area (Å²) in [5.74, 6) is -0.601. The zero-order chi connectivity index (χ0) is 22.4. The van der Waals surface area contributed by atoms with Gasteiger partial charge in [0.1, 0.15) is 5.52 Å². The van der Waals surface area contributed by atoms with E-state index in [9.17, 15) is 13.5 Å². The lowest BCUT2D eigenvalue weighted by Gasteiger charge is -2.21. The maximum Gasteiger partial charge on any atom is 0.238 e. The molecule has 11 heteroatoms. The Balaban J connectivity index is 1.76. The first kappa shape index (κ1) is 22.9. The summed E-state index contributed by atoms with van der Waals surface area (Å²) >= 11 is 10.9. The molecule has 1 aliphatic rings. The zero-order valence-corrected chi connectivity index (χ0v) is 20.1. The van der Waals surface area contributed by atoms with Gasteiger partial charge in [-0.05, 0) is 43.0 Å². The van der Waals surface area contributed by atoms with Gasteiger partial charge in [-0.15, -0.1) is 11.3 Å². The molecule has 1 heterocycles. The molecule has 0 bridgehead atoms. The first-order valence-corrected chi connectivity index (χ1v) is 13.0. The van der Waals surface area contributed by atoms with Crippen LogP contribution in [0.2, 0.25) is 5.02 Å². The van der Waals surface area contributed by atoms with E-state index in [1.165, 1.54) is 16.8 Å². The second-order valence-electron chi connectivity index (χ2n) is 7.66. The lowest BCUT2D eigenvalue weighted by Crippen LogP contribution is -2.34. The summed E-state index contributed by atoms with van der Waals surface area (Å²) in [6.07, 6.45) is -0.439. The fraction of sp³-hybridized carbons (Fsp3) is 0.350. The van der Waals surface area contributed by atoms with Crippen molar-refractivity contribution in [2.75, 3.05) is 11.3 Å². The van der Waals surface area contributed by atoms with Gasteiger partial charge >= 0.3 is 0 Å². The topological polar surface area (TPSA) is 99.5 Å². The Labute approximate surface area is 196 Å². The normalized spacial score (nSPS) is 16.4. The van der Waals surface area contributed by atoms with Gasteiger partial charge in [0.05, 0.1) is 33.4 Å². The molecule has 3 aromatic rings. The van der Waals surface area contributed by atoms with Crippen LogP contribution < -0.4 is 4.72 Å². The summed E-state index contributed by atoms with van der Waals surface area (Å²) in [7, 11) is -3.95.